The van der Waals surface area contributed by atoms with Crippen LogP contribution in [0.5, 0.6) is 0 Å². The predicted octanol–water partition coefficient (Wildman–Crippen LogP) is 3.69. The largest absolute Gasteiger partial charge is 0.288 e. The molecule has 0 N–H and O–H groups in total. The van der Waals surface area contributed by atoms with Crippen molar-refractivity contribution in [3.63, 3.8) is 0 Å². The number of thiol groups is 1. The summed E-state index contributed by atoms with van der Waals surface area (Å²) in [6, 6.07) is 0. The Morgan fingerprint density at radius 2 is 2.07 bits per heavy atom. The minimum atomic E-state index is 0.0548. The maximum Gasteiger partial charge on any atom is 0.185 e. The molecule has 3 atom stereocenters. The molecule has 0 saturated heterocycles. The van der Waals surface area contributed by atoms with Crippen molar-refractivity contribution in [2.75, 3.05) is 0 Å². The number of carbonyl (C=O) groups excluding carboxylic acids is 1. The molecule has 0 spiro atoms. The Morgan fingerprint density at radius 3 is 2.47 bits per heavy atom. The van der Waals surface area contributed by atoms with Gasteiger partial charge in [0.2, 0.25) is 0 Å². The smallest absolute Gasteiger partial charge is 0.185 e. The van der Waals surface area contributed by atoms with E-state index in [1.165, 1.54) is 19.3 Å². The summed E-state index contributed by atoms with van der Waals surface area (Å²) < 4.78 is 0. The molecule has 86 valence electrons. The molecule has 2 bridgehead atoms. The lowest BCUT2D eigenvalue weighted by molar-refractivity contribution is -0.111. The number of hydrogen-bond acceptors (Lipinski definition) is 1. The molecule has 0 radical (unpaired) electrons. The Labute approximate surface area is 98.4 Å². The van der Waals surface area contributed by atoms with Crippen LogP contribution in [0.2, 0.25) is 0 Å². The van der Waals surface area contributed by atoms with Crippen molar-refractivity contribution >= 4 is 17.7 Å². The average molecular weight is 226 g/mol. The summed E-state index contributed by atoms with van der Waals surface area (Å²) in [6.45, 7) is 7.29. The zero-order valence-electron chi connectivity index (χ0n) is 10.0. The van der Waals surface area contributed by atoms with E-state index in [-0.39, 0.29) is 5.12 Å². The second kappa shape index (κ2) is 3.51. The van der Waals surface area contributed by atoms with Crippen molar-refractivity contribution in [2.24, 2.45) is 22.7 Å². The summed E-state index contributed by atoms with van der Waals surface area (Å²) >= 11 is 3.87. The molecule has 2 aliphatic rings. The number of hydrogen-bond donors (Lipinski definition) is 1. The van der Waals surface area contributed by atoms with E-state index in [2.05, 4.69) is 33.4 Å². The SMILES string of the molecule is CC1(C)C2CCC1(C)C(CCC(=O)S)C2. The van der Waals surface area contributed by atoms with Gasteiger partial charge in [-0.1, -0.05) is 20.8 Å². The second-order valence-corrected chi connectivity index (χ2v) is 6.74. The highest BCUT2D eigenvalue weighted by Crippen LogP contribution is 2.68. The van der Waals surface area contributed by atoms with Crippen LogP contribution in [0.25, 0.3) is 0 Å². The van der Waals surface area contributed by atoms with Crippen molar-refractivity contribution < 1.29 is 4.79 Å². The molecule has 0 aromatic heterocycles. The molecular weight excluding hydrogens is 204 g/mol. The normalized spacial score (nSPS) is 42.1. The Bertz CT molecular complexity index is 284. The van der Waals surface area contributed by atoms with Crippen LogP contribution in [-0.4, -0.2) is 5.12 Å². The van der Waals surface area contributed by atoms with Crippen molar-refractivity contribution in [1.82, 2.24) is 0 Å². The standard InChI is InChI=1S/C13H22OS/c1-12(2)9-6-7-13(12,3)10(8-9)4-5-11(14)15/h9-10H,4-8H2,1-3H3,(H,14,15). The second-order valence-electron chi connectivity index (χ2n) is 6.24. The van der Waals surface area contributed by atoms with E-state index >= 15 is 0 Å². The summed E-state index contributed by atoms with van der Waals surface area (Å²) in [4.78, 5) is 10.9. The summed E-state index contributed by atoms with van der Waals surface area (Å²) in [5.41, 5.74) is 0.957. The van der Waals surface area contributed by atoms with E-state index in [4.69, 9.17) is 0 Å². The summed E-state index contributed by atoms with van der Waals surface area (Å²) in [6.07, 6.45) is 5.81. The molecule has 0 aliphatic heterocycles. The van der Waals surface area contributed by atoms with Gasteiger partial charge in [0.25, 0.3) is 0 Å². The first-order chi connectivity index (χ1) is 6.88. The van der Waals surface area contributed by atoms with Crippen molar-refractivity contribution in [3.05, 3.63) is 0 Å². The fraction of sp³-hybridized carbons (Fsp3) is 0.923. The van der Waals surface area contributed by atoms with Crippen LogP contribution in [0.1, 0.15) is 52.9 Å². The van der Waals surface area contributed by atoms with Crippen LogP contribution in [0.3, 0.4) is 0 Å². The Balaban J connectivity index is 2.09. The quantitative estimate of drug-likeness (QED) is 0.726. The summed E-state index contributed by atoms with van der Waals surface area (Å²) in [5.74, 6) is 1.64. The minimum absolute atomic E-state index is 0.0548. The molecule has 15 heavy (non-hydrogen) atoms. The lowest BCUT2D eigenvalue weighted by atomic mass is 9.66. The van der Waals surface area contributed by atoms with Crippen LogP contribution < -0.4 is 0 Å². The van der Waals surface area contributed by atoms with Crippen LogP contribution >= 0.6 is 12.6 Å². The molecule has 2 aliphatic carbocycles. The van der Waals surface area contributed by atoms with Gasteiger partial charge in [-0.2, -0.15) is 0 Å². The molecular formula is C13H22OS. The fourth-order valence-corrected chi connectivity index (χ4v) is 4.23. The van der Waals surface area contributed by atoms with Gasteiger partial charge in [0.05, 0.1) is 0 Å². The highest BCUT2D eigenvalue weighted by atomic mass is 32.1. The monoisotopic (exact) mass is 226 g/mol. The van der Waals surface area contributed by atoms with Crippen LogP contribution in [0.4, 0.5) is 0 Å². The molecule has 0 amide bonds. The Kier molecular flexibility index (Phi) is 2.69. The molecule has 2 rings (SSSR count). The molecule has 2 fully saturated rings. The number of rotatable bonds is 3. The molecule has 1 nitrogen and oxygen atoms in total. The van der Waals surface area contributed by atoms with Gasteiger partial charge in [0.15, 0.2) is 5.12 Å². The van der Waals surface area contributed by atoms with Gasteiger partial charge in [-0.15, -0.1) is 12.6 Å². The van der Waals surface area contributed by atoms with Gasteiger partial charge < -0.3 is 0 Å². The first kappa shape index (κ1) is 11.5. The van der Waals surface area contributed by atoms with Crippen molar-refractivity contribution in [3.8, 4) is 0 Å². The van der Waals surface area contributed by atoms with E-state index in [0.29, 0.717) is 17.3 Å². The molecule has 2 saturated carbocycles. The molecule has 3 unspecified atom stereocenters. The van der Waals surface area contributed by atoms with Crippen molar-refractivity contribution in [2.45, 2.75) is 52.9 Å². The highest BCUT2D eigenvalue weighted by molar-refractivity contribution is 7.96. The first-order valence-electron chi connectivity index (χ1n) is 6.10. The van der Waals surface area contributed by atoms with E-state index < -0.39 is 0 Å². The van der Waals surface area contributed by atoms with E-state index in [0.717, 1.165) is 18.3 Å². The lowest BCUT2D eigenvalue weighted by Crippen LogP contribution is -2.32. The van der Waals surface area contributed by atoms with E-state index in [9.17, 15) is 4.79 Å². The highest BCUT2D eigenvalue weighted by Gasteiger charge is 2.60. The van der Waals surface area contributed by atoms with Gasteiger partial charge >= 0.3 is 0 Å². The maximum atomic E-state index is 10.9. The van der Waals surface area contributed by atoms with Crippen LogP contribution in [-0.2, 0) is 4.79 Å². The molecule has 0 heterocycles. The Hall–Kier alpha value is 0.0200. The first-order valence-corrected chi connectivity index (χ1v) is 6.54. The summed E-state index contributed by atoms with van der Waals surface area (Å²) in [5, 5.41) is 0.0548. The minimum Gasteiger partial charge on any atom is -0.288 e. The molecule has 2 heteroatoms. The fourth-order valence-electron chi connectivity index (χ4n) is 4.10. The van der Waals surface area contributed by atoms with E-state index in [1.807, 2.05) is 0 Å². The van der Waals surface area contributed by atoms with Gasteiger partial charge in [0.1, 0.15) is 0 Å². The number of carbonyl (C=O) groups is 1. The molecule has 0 aromatic rings. The topological polar surface area (TPSA) is 17.1 Å². The van der Waals surface area contributed by atoms with Gasteiger partial charge in [-0.25, -0.2) is 0 Å². The van der Waals surface area contributed by atoms with Gasteiger partial charge in [-0.05, 0) is 48.3 Å². The maximum absolute atomic E-state index is 10.9. The average Bonchev–Trinajstić information content (AvgIpc) is 2.46. The third kappa shape index (κ3) is 1.56. The third-order valence-corrected chi connectivity index (χ3v) is 5.91. The van der Waals surface area contributed by atoms with Gasteiger partial charge in [0, 0.05) is 6.42 Å². The van der Waals surface area contributed by atoms with Crippen LogP contribution in [0, 0.1) is 22.7 Å². The predicted molar refractivity (Wildman–Crippen MR) is 65.9 cm³/mol. The lowest BCUT2D eigenvalue weighted by Gasteiger charge is -2.39. The number of fused-ring (bicyclic) bond motifs is 2. The third-order valence-electron chi connectivity index (χ3n) is 5.68. The summed E-state index contributed by atoms with van der Waals surface area (Å²) in [7, 11) is 0. The Morgan fingerprint density at radius 1 is 1.40 bits per heavy atom. The zero-order chi connectivity index (χ0) is 11.3. The van der Waals surface area contributed by atoms with E-state index in [1.54, 1.807) is 0 Å². The van der Waals surface area contributed by atoms with Crippen molar-refractivity contribution in [1.29, 1.82) is 0 Å². The zero-order valence-corrected chi connectivity index (χ0v) is 10.9. The molecule has 0 aromatic carbocycles. The van der Waals surface area contributed by atoms with Gasteiger partial charge in [-0.3, -0.25) is 4.79 Å². The van der Waals surface area contributed by atoms with Crippen LogP contribution in [0.15, 0.2) is 0 Å².